The minimum Gasteiger partial charge on any atom is -0.461 e. The quantitative estimate of drug-likeness (QED) is 0.690. The number of esters is 1. The average Bonchev–Trinajstić information content (AvgIpc) is 2.79. The molecule has 1 aromatic carbocycles. The fourth-order valence-corrected chi connectivity index (χ4v) is 1.93. The lowest BCUT2D eigenvalue weighted by Crippen LogP contribution is -2.04. The number of halogens is 1. The highest BCUT2D eigenvalue weighted by molar-refractivity contribution is 9.09. The van der Waals surface area contributed by atoms with Crippen molar-refractivity contribution in [2.75, 3.05) is 11.9 Å². The van der Waals surface area contributed by atoms with E-state index in [1.165, 1.54) is 0 Å². The molecule has 1 aromatic heterocycles. The van der Waals surface area contributed by atoms with Crippen molar-refractivity contribution in [3.05, 3.63) is 41.6 Å². The number of carbonyl (C=O) groups excluding carboxylic acids is 1. The van der Waals surface area contributed by atoms with Crippen molar-refractivity contribution in [2.24, 2.45) is 0 Å². The van der Waals surface area contributed by atoms with Gasteiger partial charge in [0, 0.05) is 16.2 Å². The largest absolute Gasteiger partial charge is 0.461 e. The van der Waals surface area contributed by atoms with Crippen LogP contribution in [-0.4, -0.2) is 22.9 Å². The SMILES string of the molecule is CCOC(=O)c1cc2ccc(C=CCBr)cc2[nH]1. The second-order valence-corrected chi connectivity index (χ2v) is 4.45. The maximum absolute atomic E-state index is 11.6. The molecule has 0 fully saturated rings. The zero-order valence-corrected chi connectivity index (χ0v) is 11.7. The summed E-state index contributed by atoms with van der Waals surface area (Å²) in [5.74, 6) is -0.314. The summed E-state index contributed by atoms with van der Waals surface area (Å²) >= 11 is 3.34. The number of fused-ring (bicyclic) bond motifs is 1. The molecule has 18 heavy (non-hydrogen) atoms. The molecule has 0 saturated heterocycles. The number of aromatic nitrogens is 1. The van der Waals surface area contributed by atoms with E-state index in [1.54, 1.807) is 6.92 Å². The van der Waals surface area contributed by atoms with Crippen LogP contribution in [0.1, 0.15) is 23.0 Å². The molecule has 1 N–H and O–H groups in total. The number of ether oxygens (including phenoxy) is 1. The maximum atomic E-state index is 11.6. The van der Waals surface area contributed by atoms with Crippen molar-refractivity contribution >= 4 is 38.9 Å². The fourth-order valence-electron chi connectivity index (χ4n) is 1.75. The second kappa shape index (κ2) is 5.87. The van der Waals surface area contributed by atoms with Crippen LogP contribution in [0.5, 0.6) is 0 Å². The topological polar surface area (TPSA) is 42.1 Å². The summed E-state index contributed by atoms with van der Waals surface area (Å²) in [4.78, 5) is 14.7. The molecule has 0 bridgehead atoms. The monoisotopic (exact) mass is 307 g/mol. The van der Waals surface area contributed by atoms with Gasteiger partial charge in [0.15, 0.2) is 0 Å². The van der Waals surface area contributed by atoms with Gasteiger partial charge in [0.05, 0.1) is 6.61 Å². The lowest BCUT2D eigenvalue weighted by atomic mass is 10.1. The van der Waals surface area contributed by atoms with Crippen LogP contribution in [0.2, 0.25) is 0 Å². The van der Waals surface area contributed by atoms with Crippen LogP contribution < -0.4 is 0 Å². The van der Waals surface area contributed by atoms with Gasteiger partial charge in [0.25, 0.3) is 0 Å². The molecule has 2 aromatic rings. The second-order valence-electron chi connectivity index (χ2n) is 3.81. The molecule has 94 valence electrons. The van der Waals surface area contributed by atoms with Gasteiger partial charge >= 0.3 is 5.97 Å². The van der Waals surface area contributed by atoms with Gasteiger partial charge in [-0.1, -0.05) is 40.2 Å². The van der Waals surface area contributed by atoms with Gasteiger partial charge in [-0.25, -0.2) is 4.79 Å². The molecular formula is C14H14BrNO2. The Morgan fingerprint density at radius 3 is 3.00 bits per heavy atom. The first kappa shape index (κ1) is 12.9. The van der Waals surface area contributed by atoms with E-state index >= 15 is 0 Å². The van der Waals surface area contributed by atoms with Gasteiger partial charge in [-0.2, -0.15) is 0 Å². The van der Waals surface area contributed by atoms with Gasteiger partial charge in [-0.3, -0.25) is 0 Å². The van der Waals surface area contributed by atoms with E-state index in [4.69, 9.17) is 4.74 Å². The predicted octanol–water partition coefficient (Wildman–Crippen LogP) is 3.75. The molecule has 1 heterocycles. The minimum absolute atomic E-state index is 0.314. The van der Waals surface area contributed by atoms with Gasteiger partial charge in [-0.05, 0) is 24.6 Å². The highest BCUT2D eigenvalue weighted by Crippen LogP contribution is 2.18. The van der Waals surface area contributed by atoms with Crippen LogP contribution in [0, 0.1) is 0 Å². The third kappa shape index (κ3) is 2.82. The average molecular weight is 308 g/mol. The zero-order valence-electron chi connectivity index (χ0n) is 10.1. The number of hydrogen-bond acceptors (Lipinski definition) is 2. The van der Waals surface area contributed by atoms with Crippen LogP contribution in [-0.2, 0) is 4.74 Å². The fraction of sp³-hybridized carbons (Fsp3) is 0.214. The van der Waals surface area contributed by atoms with Gasteiger partial charge < -0.3 is 9.72 Å². The lowest BCUT2D eigenvalue weighted by molar-refractivity contribution is 0.0520. The summed E-state index contributed by atoms with van der Waals surface area (Å²) in [5, 5.41) is 1.83. The van der Waals surface area contributed by atoms with Crippen LogP contribution in [0.25, 0.3) is 17.0 Å². The molecule has 0 spiro atoms. The Morgan fingerprint density at radius 2 is 2.28 bits per heavy atom. The summed E-state index contributed by atoms with van der Waals surface area (Å²) in [5.41, 5.74) is 2.53. The summed E-state index contributed by atoms with van der Waals surface area (Å²) in [7, 11) is 0. The molecular weight excluding hydrogens is 294 g/mol. The van der Waals surface area contributed by atoms with Crippen LogP contribution in [0.15, 0.2) is 30.3 Å². The minimum atomic E-state index is -0.314. The van der Waals surface area contributed by atoms with Crippen molar-refractivity contribution in [1.82, 2.24) is 4.98 Å². The van der Waals surface area contributed by atoms with Crippen molar-refractivity contribution in [3.8, 4) is 0 Å². The first-order valence-electron chi connectivity index (χ1n) is 5.77. The first-order chi connectivity index (χ1) is 8.74. The highest BCUT2D eigenvalue weighted by Gasteiger charge is 2.09. The van der Waals surface area contributed by atoms with E-state index in [0.717, 1.165) is 21.8 Å². The van der Waals surface area contributed by atoms with E-state index < -0.39 is 0 Å². The number of rotatable bonds is 4. The van der Waals surface area contributed by atoms with Crippen molar-refractivity contribution in [2.45, 2.75) is 6.92 Å². The molecule has 3 nitrogen and oxygen atoms in total. The van der Waals surface area contributed by atoms with E-state index in [0.29, 0.717) is 12.3 Å². The first-order valence-corrected chi connectivity index (χ1v) is 6.89. The number of carbonyl (C=O) groups is 1. The van der Waals surface area contributed by atoms with Crippen LogP contribution in [0.4, 0.5) is 0 Å². The number of allylic oxidation sites excluding steroid dienone is 1. The Hall–Kier alpha value is -1.55. The summed E-state index contributed by atoms with van der Waals surface area (Å²) in [6, 6.07) is 7.83. The zero-order chi connectivity index (χ0) is 13.0. The predicted molar refractivity (Wildman–Crippen MR) is 77.1 cm³/mol. The van der Waals surface area contributed by atoms with Crippen molar-refractivity contribution in [1.29, 1.82) is 0 Å². The Labute approximate surface area is 114 Å². The van der Waals surface area contributed by atoms with Crippen LogP contribution >= 0.6 is 15.9 Å². The summed E-state index contributed by atoms with van der Waals surface area (Å²) in [6.07, 6.45) is 4.05. The number of benzene rings is 1. The molecule has 0 aliphatic rings. The molecule has 0 amide bonds. The van der Waals surface area contributed by atoms with E-state index in [2.05, 4.69) is 20.9 Å². The van der Waals surface area contributed by atoms with Gasteiger partial charge in [-0.15, -0.1) is 0 Å². The Balaban J connectivity index is 2.33. The Morgan fingerprint density at radius 1 is 1.44 bits per heavy atom. The van der Waals surface area contributed by atoms with Gasteiger partial charge in [0.2, 0.25) is 0 Å². The smallest absolute Gasteiger partial charge is 0.354 e. The van der Waals surface area contributed by atoms with Crippen LogP contribution in [0.3, 0.4) is 0 Å². The third-order valence-electron chi connectivity index (χ3n) is 2.54. The molecule has 0 saturated carbocycles. The number of aromatic amines is 1. The van der Waals surface area contributed by atoms with Crippen molar-refractivity contribution < 1.29 is 9.53 Å². The summed E-state index contributed by atoms with van der Waals surface area (Å²) < 4.78 is 4.96. The number of alkyl halides is 1. The van der Waals surface area contributed by atoms with E-state index in [1.807, 2.05) is 36.4 Å². The Kier molecular flexibility index (Phi) is 4.20. The molecule has 4 heteroatoms. The Bertz CT molecular complexity index is 586. The van der Waals surface area contributed by atoms with Crippen molar-refractivity contribution in [3.63, 3.8) is 0 Å². The standard InChI is InChI=1S/C14H14BrNO2/c1-2-18-14(17)13-9-11-6-5-10(4-3-7-15)8-12(11)16-13/h3-6,8-9,16H,2,7H2,1H3. The number of H-pyrrole nitrogens is 1. The number of nitrogens with one attached hydrogen (secondary N) is 1. The molecule has 2 rings (SSSR count). The molecule has 0 aliphatic heterocycles. The van der Waals surface area contributed by atoms with E-state index in [9.17, 15) is 4.79 Å². The normalized spacial score (nSPS) is 11.2. The third-order valence-corrected chi connectivity index (χ3v) is 2.92. The number of hydrogen-bond donors (Lipinski definition) is 1. The van der Waals surface area contributed by atoms with Gasteiger partial charge in [0.1, 0.15) is 5.69 Å². The van der Waals surface area contributed by atoms with E-state index in [-0.39, 0.29) is 5.97 Å². The highest BCUT2D eigenvalue weighted by atomic mass is 79.9. The lowest BCUT2D eigenvalue weighted by Gasteiger charge is -1.96. The molecule has 0 atom stereocenters. The summed E-state index contributed by atoms with van der Waals surface area (Å²) in [6.45, 7) is 2.18. The molecule has 0 aliphatic carbocycles. The maximum Gasteiger partial charge on any atom is 0.354 e. The molecule has 0 radical (unpaired) electrons. The molecule has 0 unspecified atom stereocenters.